The number of benzene rings is 1. The molecule has 0 amide bonds. The smallest absolute Gasteiger partial charge is 0.120 e. The predicted octanol–water partition coefficient (Wildman–Crippen LogP) is 4.76. The number of rotatable bonds is 6. The molecule has 2 unspecified atom stereocenters. The fourth-order valence-electron chi connectivity index (χ4n) is 3.39. The van der Waals surface area contributed by atoms with E-state index in [1.54, 1.807) is 0 Å². The van der Waals surface area contributed by atoms with Gasteiger partial charge in [-0.2, -0.15) is 0 Å². The van der Waals surface area contributed by atoms with Gasteiger partial charge < -0.3 is 10.5 Å². The van der Waals surface area contributed by atoms with Crippen LogP contribution in [0.3, 0.4) is 0 Å². The molecule has 0 bridgehead atoms. The standard InChI is InChI=1S/C17H26BrNO/c1-2-14-5-4-8-17(12-14,13-19)9-10-20-16-7-3-6-15(18)11-16/h3,6-7,11,14H,2,4-5,8-10,12-13,19H2,1H3. The monoisotopic (exact) mass is 339 g/mol. The molecule has 1 saturated carbocycles. The zero-order valence-electron chi connectivity index (χ0n) is 12.4. The maximum Gasteiger partial charge on any atom is 0.120 e. The van der Waals surface area contributed by atoms with Crippen LogP contribution in [0.2, 0.25) is 0 Å². The Labute approximate surface area is 131 Å². The van der Waals surface area contributed by atoms with Gasteiger partial charge in [-0.3, -0.25) is 0 Å². The zero-order chi connectivity index (χ0) is 14.4. The first kappa shape index (κ1) is 15.8. The van der Waals surface area contributed by atoms with Gasteiger partial charge in [0.1, 0.15) is 5.75 Å². The van der Waals surface area contributed by atoms with Gasteiger partial charge in [0, 0.05) is 4.47 Å². The van der Waals surface area contributed by atoms with E-state index in [-0.39, 0.29) is 0 Å². The molecule has 112 valence electrons. The van der Waals surface area contributed by atoms with E-state index in [9.17, 15) is 0 Å². The van der Waals surface area contributed by atoms with Gasteiger partial charge in [-0.15, -0.1) is 0 Å². The molecule has 1 aliphatic carbocycles. The minimum atomic E-state index is 0.310. The van der Waals surface area contributed by atoms with Crippen molar-refractivity contribution < 1.29 is 4.74 Å². The lowest BCUT2D eigenvalue weighted by atomic mass is 9.67. The van der Waals surface area contributed by atoms with Gasteiger partial charge in [-0.05, 0) is 55.3 Å². The average molecular weight is 340 g/mol. The topological polar surface area (TPSA) is 35.2 Å². The van der Waals surface area contributed by atoms with Crippen LogP contribution in [-0.4, -0.2) is 13.2 Å². The van der Waals surface area contributed by atoms with Crippen LogP contribution in [0.5, 0.6) is 5.75 Å². The summed E-state index contributed by atoms with van der Waals surface area (Å²) in [7, 11) is 0. The second-order valence-electron chi connectivity index (χ2n) is 6.13. The Kier molecular flexibility index (Phi) is 5.91. The molecular weight excluding hydrogens is 314 g/mol. The van der Waals surface area contributed by atoms with Gasteiger partial charge in [-0.1, -0.05) is 48.2 Å². The molecule has 2 rings (SSSR count). The summed E-state index contributed by atoms with van der Waals surface area (Å²) in [5.74, 6) is 1.80. The highest BCUT2D eigenvalue weighted by Crippen LogP contribution is 2.42. The molecular formula is C17H26BrNO. The van der Waals surface area contributed by atoms with Crippen molar-refractivity contribution in [3.05, 3.63) is 28.7 Å². The van der Waals surface area contributed by atoms with E-state index in [1.165, 1.54) is 32.1 Å². The molecule has 1 aliphatic rings. The third-order valence-corrected chi connectivity index (χ3v) is 5.24. The number of nitrogens with two attached hydrogens (primary N) is 1. The maximum absolute atomic E-state index is 6.10. The average Bonchev–Trinajstić information content (AvgIpc) is 2.47. The lowest BCUT2D eigenvalue weighted by Crippen LogP contribution is -2.37. The van der Waals surface area contributed by atoms with Gasteiger partial charge in [0.25, 0.3) is 0 Å². The Morgan fingerprint density at radius 2 is 2.30 bits per heavy atom. The fourth-order valence-corrected chi connectivity index (χ4v) is 3.77. The van der Waals surface area contributed by atoms with Crippen molar-refractivity contribution in [1.29, 1.82) is 0 Å². The Bertz CT molecular complexity index is 423. The van der Waals surface area contributed by atoms with E-state index in [0.29, 0.717) is 5.41 Å². The lowest BCUT2D eigenvalue weighted by molar-refractivity contribution is 0.108. The summed E-state index contributed by atoms with van der Waals surface area (Å²) in [5, 5.41) is 0. The first-order valence-corrected chi connectivity index (χ1v) is 8.55. The summed E-state index contributed by atoms with van der Waals surface area (Å²) in [6, 6.07) is 8.05. The summed E-state index contributed by atoms with van der Waals surface area (Å²) in [5.41, 5.74) is 6.41. The SMILES string of the molecule is CCC1CCCC(CN)(CCOc2cccc(Br)c2)C1. The van der Waals surface area contributed by atoms with Gasteiger partial charge in [0.2, 0.25) is 0 Å². The molecule has 1 aromatic rings. The van der Waals surface area contributed by atoms with E-state index < -0.39 is 0 Å². The van der Waals surface area contributed by atoms with Crippen LogP contribution in [0.25, 0.3) is 0 Å². The van der Waals surface area contributed by atoms with E-state index in [2.05, 4.69) is 22.9 Å². The molecule has 0 radical (unpaired) electrons. The van der Waals surface area contributed by atoms with Crippen LogP contribution >= 0.6 is 15.9 Å². The first-order chi connectivity index (χ1) is 9.67. The van der Waals surface area contributed by atoms with Crippen LogP contribution < -0.4 is 10.5 Å². The van der Waals surface area contributed by atoms with E-state index in [1.807, 2.05) is 24.3 Å². The number of hydrogen-bond donors (Lipinski definition) is 1. The number of halogens is 1. The summed E-state index contributed by atoms with van der Waals surface area (Å²) in [4.78, 5) is 0. The predicted molar refractivity (Wildman–Crippen MR) is 88.0 cm³/mol. The molecule has 2 nitrogen and oxygen atoms in total. The molecule has 2 N–H and O–H groups in total. The van der Waals surface area contributed by atoms with Gasteiger partial charge in [-0.25, -0.2) is 0 Å². The second-order valence-corrected chi connectivity index (χ2v) is 7.05. The van der Waals surface area contributed by atoms with Crippen LogP contribution in [0.4, 0.5) is 0 Å². The van der Waals surface area contributed by atoms with Crippen molar-refractivity contribution in [3.63, 3.8) is 0 Å². The molecule has 1 fully saturated rings. The van der Waals surface area contributed by atoms with Crippen molar-refractivity contribution in [2.75, 3.05) is 13.2 Å². The summed E-state index contributed by atoms with van der Waals surface area (Å²) in [6.07, 6.45) is 7.61. The van der Waals surface area contributed by atoms with Crippen LogP contribution in [0.15, 0.2) is 28.7 Å². The quantitative estimate of drug-likeness (QED) is 0.810. The van der Waals surface area contributed by atoms with Crippen molar-refractivity contribution in [2.45, 2.75) is 45.4 Å². The van der Waals surface area contributed by atoms with Crippen molar-refractivity contribution in [1.82, 2.24) is 0 Å². The molecule has 20 heavy (non-hydrogen) atoms. The Morgan fingerprint density at radius 3 is 3.00 bits per heavy atom. The highest BCUT2D eigenvalue weighted by Gasteiger charge is 2.34. The van der Waals surface area contributed by atoms with Gasteiger partial charge in [0.15, 0.2) is 0 Å². The first-order valence-electron chi connectivity index (χ1n) is 7.76. The lowest BCUT2D eigenvalue weighted by Gasteiger charge is -2.40. The maximum atomic E-state index is 6.10. The fraction of sp³-hybridized carbons (Fsp3) is 0.647. The Balaban J connectivity index is 1.87. The molecule has 0 saturated heterocycles. The van der Waals surface area contributed by atoms with Gasteiger partial charge >= 0.3 is 0 Å². The van der Waals surface area contributed by atoms with E-state index in [4.69, 9.17) is 10.5 Å². The van der Waals surface area contributed by atoms with Crippen molar-refractivity contribution in [3.8, 4) is 5.75 Å². The third kappa shape index (κ3) is 4.23. The van der Waals surface area contributed by atoms with Crippen LogP contribution in [0, 0.1) is 11.3 Å². The molecule has 3 heteroatoms. The Morgan fingerprint density at radius 1 is 1.45 bits per heavy atom. The second kappa shape index (κ2) is 7.46. The largest absolute Gasteiger partial charge is 0.494 e. The molecule has 0 aliphatic heterocycles. The third-order valence-electron chi connectivity index (χ3n) is 4.75. The molecule has 0 heterocycles. The summed E-state index contributed by atoms with van der Waals surface area (Å²) >= 11 is 3.47. The summed E-state index contributed by atoms with van der Waals surface area (Å²) in [6.45, 7) is 3.87. The number of hydrogen-bond acceptors (Lipinski definition) is 2. The highest BCUT2D eigenvalue weighted by atomic mass is 79.9. The highest BCUT2D eigenvalue weighted by molar-refractivity contribution is 9.10. The van der Waals surface area contributed by atoms with Gasteiger partial charge in [0.05, 0.1) is 6.61 Å². The minimum absolute atomic E-state index is 0.310. The Hall–Kier alpha value is -0.540. The van der Waals surface area contributed by atoms with Crippen molar-refractivity contribution in [2.24, 2.45) is 17.1 Å². The van der Waals surface area contributed by atoms with Crippen LogP contribution in [-0.2, 0) is 0 Å². The van der Waals surface area contributed by atoms with Crippen molar-refractivity contribution >= 4 is 15.9 Å². The van der Waals surface area contributed by atoms with Crippen LogP contribution in [0.1, 0.15) is 45.4 Å². The zero-order valence-corrected chi connectivity index (χ0v) is 14.0. The van der Waals surface area contributed by atoms with E-state index >= 15 is 0 Å². The molecule has 2 atom stereocenters. The number of ether oxygens (including phenoxy) is 1. The van der Waals surface area contributed by atoms with E-state index in [0.717, 1.165) is 35.7 Å². The molecule has 0 spiro atoms. The molecule has 0 aromatic heterocycles. The normalized spacial score (nSPS) is 26.4. The summed E-state index contributed by atoms with van der Waals surface area (Å²) < 4.78 is 6.96. The molecule has 1 aromatic carbocycles. The minimum Gasteiger partial charge on any atom is -0.494 e.